The Bertz CT molecular complexity index is 1470. The molecule has 2 aliphatic rings. The highest BCUT2D eigenvalue weighted by Gasteiger charge is 2.24. The molecule has 2 aliphatic heterocycles. The van der Waals surface area contributed by atoms with Crippen molar-refractivity contribution in [2.45, 2.75) is 32.4 Å². The molecule has 0 radical (unpaired) electrons. The number of ether oxygens (including phenoxy) is 1. The molecule has 4 aromatic rings. The lowest BCUT2D eigenvalue weighted by molar-refractivity contribution is 0.0927. The van der Waals surface area contributed by atoms with Crippen molar-refractivity contribution in [3.63, 3.8) is 0 Å². The summed E-state index contributed by atoms with van der Waals surface area (Å²) < 4.78 is 7.86. The average molecular weight is 604 g/mol. The van der Waals surface area contributed by atoms with Crippen LogP contribution in [0.5, 0.6) is 0 Å². The summed E-state index contributed by atoms with van der Waals surface area (Å²) in [6.07, 6.45) is 4.19. The van der Waals surface area contributed by atoms with Gasteiger partial charge in [-0.05, 0) is 51.6 Å². The van der Waals surface area contributed by atoms with Gasteiger partial charge in [-0.3, -0.25) is 19.3 Å². The van der Waals surface area contributed by atoms with Gasteiger partial charge < -0.3 is 20.4 Å². The first-order chi connectivity index (χ1) is 19.0. The number of H-pyrrole nitrogens is 1. The first kappa shape index (κ1) is 31.2. The Kier molecular flexibility index (Phi) is 10.6. The van der Waals surface area contributed by atoms with Crippen LogP contribution in [-0.2, 0) is 11.3 Å². The van der Waals surface area contributed by atoms with E-state index in [0.717, 1.165) is 73.2 Å². The Labute approximate surface area is 253 Å². The molecule has 1 atom stereocenters. The number of hydrogen-bond donors (Lipinski definition) is 3. The normalized spacial score (nSPS) is 18.0. The van der Waals surface area contributed by atoms with Crippen LogP contribution < -0.4 is 10.6 Å². The van der Waals surface area contributed by atoms with Crippen molar-refractivity contribution in [2.24, 2.45) is 0 Å². The Hall–Kier alpha value is -2.73. The molecule has 1 amide bonds. The first-order valence-electron chi connectivity index (χ1n) is 14.0. The molecule has 0 saturated carbocycles. The van der Waals surface area contributed by atoms with E-state index in [4.69, 9.17) is 9.84 Å². The fourth-order valence-electron chi connectivity index (χ4n) is 5.82. The quantitative estimate of drug-likeness (QED) is 0.249. The number of pyridine rings is 1. The van der Waals surface area contributed by atoms with Crippen molar-refractivity contribution in [3.8, 4) is 0 Å². The molecule has 0 aliphatic carbocycles. The van der Waals surface area contributed by atoms with Gasteiger partial charge in [0.05, 0.1) is 36.5 Å². The van der Waals surface area contributed by atoms with E-state index >= 15 is 0 Å². The number of aromatic nitrogens is 4. The number of anilines is 1. The molecular weight excluding hydrogens is 563 g/mol. The molecule has 0 bridgehead atoms. The SMILES string of the molecule is Cc1nn(CCOCCN2CCNCC2)c2cc(C(=O)Nc3cc4[nH]c([C@H]5CCCN5C)cc4cn3)ccc12.Cl.Cl. The minimum Gasteiger partial charge on any atom is -0.378 e. The first-order valence-corrected chi connectivity index (χ1v) is 14.0. The third-order valence-electron chi connectivity index (χ3n) is 8.05. The number of likely N-dealkylation sites (tertiary alicyclic amines) is 1. The summed E-state index contributed by atoms with van der Waals surface area (Å²) in [6.45, 7) is 10.2. The second-order valence-corrected chi connectivity index (χ2v) is 10.7. The van der Waals surface area contributed by atoms with E-state index in [-0.39, 0.29) is 30.7 Å². The fraction of sp³-hybridized carbons (Fsp3) is 0.483. The number of piperazine rings is 1. The summed E-state index contributed by atoms with van der Waals surface area (Å²) in [7, 11) is 2.17. The van der Waals surface area contributed by atoms with Gasteiger partial charge in [0.1, 0.15) is 5.82 Å². The molecule has 2 saturated heterocycles. The summed E-state index contributed by atoms with van der Waals surface area (Å²) in [5, 5.41) is 13.2. The number of nitrogens with zero attached hydrogens (tertiary/aromatic N) is 5. The average Bonchev–Trinajstić information content (AvgIpc) is 3.65. The van der Waals surface area contributed by atoms with Crippen molar-refractivity contribution in [2.75, 3.05) is 64.8 Å². The van der Waals surface area contributed by atoms with Crippen molar-refractivity contribution < 1.29 is 9.53 Å². The van der Waals surface area contributed by atoms with Crippen LogP contribution in [-0.4, -0.2) is 95.0 Å². The van der Waals surface area contributed by atoms with Crippen LogP contribution in [0.4, 0.5) is 5.82 Å². The molecule has 2 fully saturated rings. The van der Waals surface area contributed by atoms with Crippen LogP contribution >= 0.6 is 24.8 Å². The molecule has 3 aromatic heterocycles. The van der Waals surface area contributed by atoms with E-state index in [1.165, 1.54) is 12.1 Å². The number of hydrogen-bond acceptors (Lipinski definition) is 7. The van der Waals surface area contributed by atoms with Gasteiger partial charge in [0.15, 0.2) is 0 Å². The highest BCUT2D eigenvalue weighted by atomic mass is 35.5. The second kappa shape index (κ2) is 14.0. The summed E-state index contributed by atoms with van der Waals surface area (Å²) in [6, 6.07) is 10.2. The molecule has 3 N–H and O–H groups in total. The van der Waals surface area contributed by atoms with Gasteiger partial charge in [0, 0.05) is 73.1 Å². The minimum atomic E-state index is -0.191. The number of amides is 1. The molecule has 6 rings (SSSR count). The summed E-state index contributed by atoms with van der Waals surface area (Å²) in [5.41, 5.74) is 4.64. The van der Waals surface area contributed by atoms with E-state index in [2.05, 4.69) is 43.5 Å². The third kappa shape index (κ3) is 7.02. The number of carbonyl (C=O) groups is 1. The lowest BCUT2D eigenvalue weighted by atomic mass is 10.1. The zero-order chi connectivity index (χ0) is 26.8. The predicted molar refractivity (Wildman–Crippen MR) is 168 cm³/mol. The van der Waals surface area contributed by atoms with E-state index < -0.39 is 0 Å². The van der Waals surface area contributed by atoms with Crippen LogP contribution in [0.1, 0.15) is 40.6 Å². The third-order valence-corrected chi connectivity index (χ3v) is 8.05. The van der Waals surface area contributed by atoms with E-state index in [9.17, 15) is 4.79 Å². The Morgan fingerprint density at radius 2 is 1.90 bits per heavy atom. The van der Waals surface area contributed by atoms with Gasteiger partial charge in [-0.2, -0.15) is 5.10 Å². The molecule has 5 heterocycles. The zero-order valence-corrected chi connectivity index (χ0v) is 25.3. The Morgan fingerprint density at radius 1 is 1.10 bits per heavy atom. The van der Waals surface area contributed by atoms with E-state index in [0.29, 0.717) is 37.2 Å². The smallest absolute Gasteiger partial charge is 0.256 e. The topological polar surface area (TPSA) is 103 Å². The zero-order valence-electron chi connectivity index (χ0n) is 23.7. The van der Waals surface area contributed by atoms with Gasteiger partial charge in [-0.1, -0.05) is 6.07 Å². The molecule has 0 unspecified atom stereocenters. The number of nitrogens with one attached hydrogen (secondary N) is 3. The highest BCUT2D eigenvalue weighted by molar-refractivity contribution is 6.06. The maximum absolute atomic E-state index is 13.2. The standard InChI is InChI=1S/C29H38N8O2.2ClH/c1-20-23-6-5-21(17-27(23)37(34-20)13-15-39-14-12-36-10-7-30-8-11-36)29(38)33-28-18-24-22(19-31-28)16-25(32-24)26-4-3-9-35(26)2;;/h5-6,16-19,26,30,32H,3-4,7-15H2,1-2H3,(H,31,33,38);2*1H/t26-;;/m1../s1. The van der Waals surface area contributed by atoms with Crippen LogP contribution in [0.2, 0.25) is 0 Å². The maximum atomic E-state index is 13.2. The summed E-state index contributed by atoms with van der Waals surface area (Å²) in [5.74, 6) is 0.340. The van der Waals surface area contributed by atoms with Crippen LogP contribution in [0.3, 0.4) is 0 Å². The monoisotopic (exact) mass is 602 g/mol. The summed E-state index contributed by atoms with van der Waals surface area (Å²) in [4.78, 5) is 26.0. The van der Waals surface area contributed by atoms with Crippen LogP contribution in [0.25, 0.3) is 21.8 Å². The number of fused-ring (bicyclic) bond motifs is 2. The molecule has 10 nitrogen and oxygen atoms in total. The number of benzene rings is 1. The maximum Gasteiger partial charge on any atom is 0.256 e. The van der Waals surface area contributed by atoms with Gasteiger partial charge in [0.2, 0.25) is 0 Å². The molecule has 0 spiro atoms. The number of carbonyl (C=O) groups excluding carboxylic acids is 1. The van der Waals surface area contributed by atoms with E-state index in [1.807, 2.05) is 42.1 Å². The molecule has 1 aromatic carbocycles. The lowest BCUT2D eigenvalue weighted by Gasteiger charge is -2.26. The van der Waals surface area contributed by atoms with Gasteiger partial charge >= 0.3 is 0 Å². The number of aromatic amines is 1. The minimum absolute atomic E-state index is 0. The molecule has 222 valence electrons. The number of rotatable bonds is 9. The second-order valence-electron chi connectivity index (χ2n) is 10.7. The van der Waals surface area contributed by atoms with E-state index in [1.54, 1.807) is 0 Å². The number of aryl methyl sites for hydroxylation is 1. The van der Waals surface area contributed by atoms with Crippen molar-refractivity contribution >= 4 is 58.3 Å². The molecule has 12 heteroatoms. The van der Waals surface area contributed by atoms with Gasteiger partial charge in [0.25, 0.3) is 5.91 Å². The highest BCUT2D eigenvalue weighted by Crippen LogP contribution is 2.32. The van der Waals surface area contributed by atoms with Crippen molar-refractivity contribution in [1.29, 1.82) is 0 Å². The number of halogens is 2. The predicted octanol–water partition coefficient (Wildman–Crippen LogP) is 4.01. The van der Waals surface area contributed by atoms with Gasteiger partial charge in [-0.25, -0.2) is 4.98 Å². The van der Waals surface area contributed by atoms with Crippen LogP contribution in [0.15, 0.2) is 36.5 Å². The fourth-order valence-corrected chi connectivity index (χ4v) is 5.82. The Morgan fingerprint density at radius 3 is 2.68 bits per heavy atom. The molecular formula is C29H40Cl2N8O2. The lowest BCUT2D eigenvalue weighted by Crippen LogP contribution is -2.44. The Balaban J connectivity index is 0.00000194. The van der Waals surface area contributed by atoms with Crippen molar-refractivity contribution in [3.05, 3.63) is 53.5 Å². The summed E-state index contributed by atoms with van der Waals surface area (Å²) >= 11 is 0. The van der Waals surface area contributed by atoms with Crippen molar-refractivity contribution in [1.82, 2.24) is 34.9 Å². The van der Waals surface area contributed by atoms with Gasteiger partial charge in [-0.15, -0.1) is 24.8 Å². The molecule has 41 heavy (non-hydrogen) atoms. The largest absolute Gasteiger partial charge is 0.378 e. The van der Waals surface area contributed by atoms with Crippen LogP contribution in [0, 0.1) is 6.92 Å².